The number of furan rings is 1. The molecule has 2 heterocycles. The van der Waals surface area contributed by atoms with E-state index in [0.29, 0.717) is 18.1 Å². The second kappa shape index (κ2) is 5.21. The normalized spacial score (nSPS) is 12.4. The fraction of sp³-hybridized carbons (Fsp3) is 0.200. The molecule has 0 radical (unpaired) electrons. The van der Waals surface area contributed by atoms with E-state index in [1.54, 1.807) is 30.3 Å². The molecule has 0 spiro atoms. The molecule has 0 atom stereocenters. The SMILES string of the molecule is O=C(CCC(=O)c1ccco1)c1ccc2c(c1)NCO2. The van der Waals surface area contributed by atoms with Crippen LogP contribution >= 0.6 is 0 Å². The van der Waals surface area contributed by atoms with E-state index in [-0.39, 0.29) is 24.4 Å². The summed E-state index contributed by atoms with van der Waals surface area (Å²) in [7, 11) is 0. The van der Waals surface area contributed by atoms with Crippen LogP contribution in [0.1, 0.15) is 33.8 Å². The summed E-state index contributed by atoms with van der Waals surface area (Å²) in [5, 5.41) is 3.03. The molecule has 5 heteroatoms. The van der Waals surface area contributed by atoms with E-state index in [1.807, 2.05) is 0 Å². The molecular formula is C15H13NO4. The molecule has 2 aromatic rings. The molecule has 1 aromatic carbocycles. The molecule has 0 amide bonds. The van der Waals surface area contributed by atoms with Crippen molar-refractivity contribution in [3.8, 4) is 5.75 Å². The van der Waals surface area contributed by atoms with Crippen LogP contribution in [0.5, 0.6) is 5.75 Å². The zero-order valence-electron chi connectivity index (χ0n) is 10.7. The van der Waals surface area contributed by atoms with Crippen molar-refractivity contribution in [3.63, 3.8) is 0 Å². The smallest absolute Gasteiger partial charge is 0.198 e. The number of ketones is 2. The predicted octanol–water partition coefficient (Wildman–Crippen LogP) is 2.89. The molecule has 1 aromatic heterocycles. The molecule has 20 heavy (non-hydrogen) atoms. The van der Waals surface area contributed by atoms with E-state index in [2.05, 4.69) is 5.32 Å². The van der Waals surface area contributed by atoms with Crippen LogP contribution in [0.4, 0.5) is 5.69 Å². The minimum atomic E-state index is -0.161. The maximum absolute atomic E-state index is 12.1. The Morgan fingerprint density at radius 1 is 1.15 bits per heavy atom. The van der Waals surface area contributed by atoms with E-state index < -0.39 is 0 Å². The third-order valence-corrected chi connectivity index (χ3v) is 3.17. The highest BCUT2D eigenvalue weighted by Crippen LogP contribution is 2.30. The summed E-state index contributed by atoms with van der Waals surface area (Å²) in [6.45, 7) is 0.421. The van der Waals surface area contributed by atoms with Crippen molar-refractivity contribution in [2.75, 3.05) is 12.0 Å². The van der Waals surface area contributed by atoms with Gasteiger partial charge < -0.3 is 14.5 Å². The molecule has 102 valence electrons. The maximum Gasteiger partial charge on any atom is 0.198 e. The minimum Gasteiger partial charge on any atom is -0.471 e. The monoisotopic (exact) mass is 271 g/mol. The van der Waals surface area contributed by atoms with Crippen molar-refractivity contribution in [2.24, 2.45) is 0 Å². The largest absolute Gasteiger partial charge is 0.471 e. The summed E-state index contributed by atoms with van der Waals surface area (Å²) in [6, 6.07) is 8.48. The molecule has 3 rings (SSSR count). The third-order valence-electron chi connectivity index (χ3n) is 3.17. The minimum absolute atomic E-state index is 0.0681. The number of benzene rings is 1. The topological polar surface area (TPSA) is 68.5 Å². The molecule has 1 aliphatic rings. The van der Waals surface area contributed by atoms with Gasteiger partial charge in [0.1, 0.15) is 5.75 Å². The van der Waals surface area contributed by atoms with E-state index >= 15 is 0 Å². The Kier molecular flexibility index (Phi) is 3.25. The number of nitrogens with one attached hydrogen (secondary N) is 1. The van der Waals surface area contributed by atoms with Gasteiger partial charge in [0.25, 0.3) is 0 Å². The van der Waals surface area contributed by atoms with Gasteiger partial charge in [0.2, 0.25) is 0 Å². The van der Waals surface area contributed by atoms with Crippen LogP contribution in [0, 0.1) is 0 Å². The van der Waals surface area contributed by atoms with Gasteiger partial charge in [0.15, 0.2) is 24.1 Å². The van der Waals surface area contributed by atoms with E-state index in [9.17, 15) is 9.59 Å². The number of hydrogen-bond acceptors (Lipinski definition) is 5. The van der Waals surface area contributed by atoms with E-state index in [0.717, 1.165) is 11.4 Å². The third kappa shape index (κ3) is 2.42. The van der Waals surface area contributed by atoms with Gasteiger partial charge in [0, 0.05) is 18.4 Å². The molecular weight excluding hydrogens is 258 g/mol. The number of carbonyl (C=O) groups is 2. The van der Waals surface area contributed by atoms with Crippen LogP contribution in [-0.4, -0.2) is 18.3 Å². The lowest BCUT2D eigenvalue weighted by Crippen LogP contribution is -2.04. The molecule has 5 nitrogen and oxygen atoms in total. The van der Waals surface area contributed by atoms with Gasteiger partial charge in [-0.1, -0.05) is 0 Å². The number of hydrogen-bond donors (Lipinski definition) is 1. The summed E-state index contributed by atoms with van der Waals surface area (Å²) in [5.41, 5.74) is 1.39. The number of ether oxygens (including phenoxy) is 1. The van der Waals surface area contributed by atoms with Crippen LogP contribution < -0.4 is 10.1 Å². The zero-order chi connectivity index (χ0) is 13.9. The zero-order valence-corrected chi connectivity index (χ0v) is 10.7. The number of Topliss-reactive ketones (excluding diaryl/α,β-unsaturated/α-hetero) is 2. The molecule has 0 fully saturated rings. The Morgan fingerprint density at radius 3 is 2.80 bits per heavy atom. The standard InChI is InChI=1S/C15H13NO4/c17-12(4-5-13(18)15-2-1-7-19-15)10-3-6-14-11(8-10)16-9-20-14/h1-3,6-8,16H,4-5,9H2. The van der Waals surface area contributed by atoms with Crippen molar-refractivity contribution < 1.29 is 18.7 Å². The summed E-state index contributed by atoms with van der Waals surface area (Å²) < 4.78 is 10.3. The quantitative estimate of drug-likeness (QED) is 0.847. The molecule has 0 saturated carbocycles. The Hall–Kier alpha value is -2.56. The van der Waals surface area contributed by atoms with Gasteiger partial charge in [-0.3, -0.25) is 9.59 Å². The Labute approximate surface area is 115 Å². The molecule has 0 saturated heterocycles. The average Bonchev–Trinajstić information content (AvgIpc) is 3.13. The lowest BCUT2D eigenvalue weighted by atomic mass is 10.0. The molecule has 0 bridgehead atoms. The van der Waals surface area contributed by atoms with Crippen LogP contribution in [0.3, 0.4) is 0 Å². The predicted molar refractivity (Wildman–Crippen MR) is 72.2 cm³/mol. The lowest BCUT2D eigenvalue weighted by Gasteiger charge is -2.02. The van der Waals surface area contributed by atoms with Crippen molar-refractivity contribution in [2.45, 2.75) is 12.8 Å². The highest BCUT2D eigenvalue weighted by Gasteiger charge is 2.16. The maximum atomic E-state index is 12.1. The van der Waals surface area contributed by atoms with Crippen LogP contribution in [0.15, 0.2) is 41.0 Å². The van der Waals surface area contributed by atoms with Crippen LogP contribution in [0.2, 0.25) is 0 Å². The molecule has 1 N–H and O–H groups in total. The number of fused-ring (bicyclic) bond motifs is 1. The molecule has 0 aliphatic carbocycles. The van der Waals surface area contributed by atoms with Gasteiger partial charge >= 0.3 is 0 Å². The number of rotatable bonds is 5. The number of carbonyl (C=O) groups excluding carboxylic acids is 2. The Balaban J connectivity index is 1.63. The summed E-state index contributed by atoms with van der Waals surface area (Å²) >= 11 is 0. The van der Waals surface area contributed by atoms with Crippen molar-refractivity contribution in [1.82, 2.24) is 0 Å². The van der Waals surface area contributed by atoms with Gasteiger partial charge in [-0.05, 0) is 30.3 Å². The van der Waals surface area contributed by atoms with E-state index in [1.165, 1.54) is 6.26 Å². The fourth-order valence-corrected chi connectivity index (χ4v) is 2.09. The van der Waals surface area contributed by atoms with Gasteiger partial charge in [-0.25, -0.2) is 0 Å². The summed E-state index contributed by atoms with van der Waals surface area (Å²) in [5.74, 6) is 0.808. The van der Waals surface area contributed by atoms with Crippen molar-refractivity contribution >= 4 is 17.3 Å². The highest BCUT2D eigenvalue weighted by atomic mass is 16.5. The van der Waals surface area contributed by atoms with Crippen LogP contribution in [0.25, 0.3) is 0 Å². The second-order valence-corrected chi connectivity index (χ2v) is 4.50. The van der Waals surface area contributed by atoms with Crippen molar-refractivity contribution in [3.05, 3.63) is 47.9 Å². The lowest BCUT2D eigenvalue weighted by molar-refractivity contribution is 0.0902. The fourth-order valence-electron chi connectivity index (χ4n) is 2.09. The Morgan fingerprint density at radius 2 is 2.00 bits per heavy atom. The Bertz CT molecular complexity index is 646. The van der Waals surface area contributed by atoms with Crippen molar-refractivity contribution in [1.29, 1.82) is 0 Å². The first-order valence-corrected chi connectivity index (χ1v) is 6.34. The van der Waals surface area contributed by atoms with Gasteiger partial charge in [0.05, 0.1) is 12.0 Å². The average molecular weight is 271 g/mol. The first-order chi connectivity index (χ1) is 9.74. The first kappa shape index (κ1) is 12.5. The second-order valence-electron chi connectivity index (χ2n) is 4.50. The van der Waals surface area contributed by atoms with Gasteiger partial charge in [-0.2, -0.15) is 0 Å². The molecule has 0 unspecified atom stereocenters. The number of anilines is 1. The molecule has 1 aliphatic heterocycles. The highest BCUT2D eigenvalue weighted by molar-refractivity contribution is 6.01. The summed E-state index contributed by atoms with van der Waals surface area (Å²) in [4.78, 5) is 23.8. The van der Waals surface area contributed by atoms with Gasteiger partial charge in [-0.15, -0.1) is 0 Å². The van der Waals surface area contributed by atoms with E-state index in [4.69, 9.17) is 9.15 Å². The summed E-state index contributed by atoms with van der Waals surface area (Å²) in [6.07, 6.45) is 1.76. The first-order valence-electron chi connectivity index (χ1n) is 6.34. The van der Waals surface area contributed by atoms with Crippen LogP contribution in [-0.2, 0) is 0 Å².